The van der Waals surface area contributed by atoms with Gasteiger partial charge in [0.1, 0.15) is 11.6 Å². The van der Waals surface area contributed by atoms with E-state index in [1.807, 2.05) is 16.3 Å². The molecule has 4 nitrogen and oxygen atoms in total. The molecule has 5 heteroatoms. The van der Waals surface area contributed by atoms with Crippen molar-refractivity contribution >= 4 is 23.2 Å². The van der Waals surface area contributed by atoms with Gasteiger partial charge in [0.2, 0.25) is 11.8 Å². The van der Waals surface area contributed by atoms with Crippen LogP contribution < -0.4 is 5.32 Å². The highest BCUT2D eigenvalue weighted by atomic mass is 32.1. The Kier molecular flexibility index (Phi) is 4.02. The minimum absolute atomic E-state index is 0.0357. The molecular formula is C16H22N2O2S. The summed E-state index contributed by atoms with van der Waals surface area (Å²) in [5, 5.41) is 7.14. The Labute approximate surface area is 129 Å². The maximum Gasteiger partial charge on any atom is 0.249 e. The van der Waals surface area contributed by atoms with Crippen molar-refractivity contribution in [2.24, 2.45) is 0 Å². The van der Waals surface area contributed by atoms with Gasteiger partial charge in [-0.25, -0.2) is 0 Å². The molecule has 1 saturated carbocycles. The summed E-state index contributed by atoms with van der Waals surface area (Å²) in [6.45, 7) is 2.61. The van der Waals surface area contributed by atoms with Crippen LogP contribution in [0.2, 0.25) is 0 Å². The van der Waals surface area contributed by atoms with E-state index >= 15 is 0 Å². The second-order valence-electron chi connectivity index (χ2n) is 6.15. The Morgan fingerprint density at radius 1 is 1.38 bits per heavy atom. The van der Waals surface area contributed by atoms with Crippen LogP contribution in [-0.4, -0.2) is 28.3 Å². The maximum absolute atomic E-state index is 13.0. The highest BCUT2D eigenvalue weighted by Crippen LogP contribution is 2.36. The number of hydrogen-bond donors (Lipinski definition) is 1. The van der Waals surface area contributed by atoms with Crippen LogP contribution in [0.5, 0.6) is 0 Å². The van der Waals surface area contributed by atoms with E-state index in [1.165, 1.54) is 0 Å². The highest BCUT2D eigenvalue weighted by Gasteiger charge is 2.51. The lowest BCUT2D eigenvalue weighted by molar-refractivity contribution is -0.156. The minimum Gasteiger partial charge on any atom is -0.340 e. The molecule has 0 bridgehead atoms. The number of nitrogens with zero attached hydrogens (tertiary/aromatic N) is 1. The molecule has 21 heavy (non-hydrogen) atoms. The fraction of sp³-hybridized carbons (Fsp3) is 0.625. The van der Waals surface area contributed by atoms with E-state index in [4.69, 9.17) is 0 Å². The first-order chi connectivity index (χ1) is 10.2. The van der Waals surface area contributed by atoms with Gasteiger partial charge >= 0.3 is 0 Å². The van der Waals surface area contributed by atoms with Crippen molar-refractivity contribution < 1.29 is 9.59 Å². The van der Waals surface area contributed by atoms with Crippen molar-refractivity contribution in [2.75, 3.05) is 0 Å². The standard InChI is InChI=1S/C16H22N2O2S/c1-2-5-13-14(19)17-16(7-3-4-8-16)15(20)18(13)10-12-6-9-21-11-12/h6,9,11,13H,2-5,7-8,10H2,1H3,(H,17,19). The van der Waals surface area contributed by atoms with Crippen molar-refractivity contribution in [1.29, 1.82) is 0 Å². The van der Waals surface area contributed by atoms with E-state index in [0.29, 0.717) is 6.54 Å². The van der Waals surface area contributed by atoms with Gasteiger partial charge < -0.3 is 10.2 Å². The van der Waals surface area contributed by atoms with Crippen LogP contribution in [0.25, 0.3) is 0 Å². The van der Waals surface area contributed by atoms with Crippen molar-refractivity contribution in [3.63, 3.8) is 0 Å². The van der Waals surface area contributed by atoms with Gasteiger partial charge in [0.05, 0.1) is 0 Å². The third-order valence-electron chi connectivity index (χ3n) is 4.66. The summed E-state index contributed by atoms with van der Waals surface area (Å²) in [6, 6.07) is 1.73. The summed E-state index contributed by atoms with van der Waals surface area (Å²) in [4.78, 5) is 27.4. The first-order valence-corrected chi connectivity index (χ1v) is 8.75. The number of carbonyl (C=O) groups excluding carboxylic acids is 2. The monoisotopic (exact) mass is 306 g/mol. The number of amides is 2. The zero-order valence-electron chi connectivity index (χ0n) is 12.4. The summed E-state index contributed by atoms with van der Waals surface area (Å²) in [7, 11) is 0. The van der Waals surface area contributed by atoms with Crippen molar-refractivity contribution in [3.05, 3.63) is 22.4 Å². The van der Waals surface area contributed by atoms with Gasteiger partial charge in [-0.3, -0.25) is 9.59 Å². The molecule has 1 atom stereocenters. The first-order valence-electron chi connectivity index (χ1n) is 7.80. The molecule has 3 rings (SSSR count). The zero-order chi connectivity index (χ0) is 14.9. The van der Waals surface area contributed by atoms with Gasteiger partial charge in [-0.1, -0.05) is 26.2 Å². The van der Waals surface area contributed by atoms with Crippen molar-refractivity contribution in [3.8, 4) is 0 Å². The van der Waals surface area contributed by atoms with E-state index in [1.54, 1.807) is 11.3 Å². The largest absolute Gasteiger partial charge is 0.340 e. The predicted molar refractivity (Wildman–Crippen MR) is 82.9 cm³/mol. The van der Waals surface area contributed by atoms with E-state index in [-0.39, 0.29) is 17.9 Å². The summed E-state index contributed by atoms with van der Waals surface area (Å²) in [5.74, 6) is 0.165. The van der Waals surface area contributed by atoms with Crippen LogP contribution in [0.15, 0.2) is 16.8 Å². The van der Waals surface area contributed by atoms with Gasteiger partial charge in [-0.2, -0.15) is 11.3 Å². The highest BCUT2D eigenvalue weighted by molar-refractivity contribution is 7.07. The Morgan fingerprint density at radius 3 is 2.76 bits per heavy atom. The van der Waals surface area contributed by atoms with Gasteiger partial charge in [-0.05, 0) is 41.7 Å². The molecule has 1 aliphatic carbocycles. The Balaban J connectivity index is 1.88. The molecule has 1 aromatic rings. The molecule has 1 spiro atoms. The van der Waals surface area contributed by atoms with Gasteiger partial charge in [0.15, 0.2) is 0 Å². The van der Waals surface area contributed by atoms with Crippen molar-refractivity contribution in [2.45, 2.75) is 63.6 Å². The van der Waals surface area contributed by atoms with Crippen LogP contribution >= 0.6 is 11.3 Å². The fourth-order valence-electron chi connectivity index (χ4n) is 3.57. The molecule has 0 radical (unpaired) electrons. The zero-order valence-corrected chi connectivity index (χ0v) is 13.2. The second kappa shape index (κ2) is 5.79. The van der Waals surface area contributed by atoms with Crippen molar-refractivity contribution in [1.82, 2.24) is 10.2 Å². The van der Waals surface area contributed by atoms with Crippen LogP contribution in [0.4, 0.5) is 0 Å². The number of nitrogens with one attached hydrogen (secondary N) is 1. The number of hydrogen-bond acceptors (Lipinski definition) is 3. The SMILES string of the molecule is CCCC1C(=O)NC2(CCCC2)C(=O)N1Cc1ccsc1. The van der Waals surface area contributed by atoms with Gasteiger partial charge in [0, 0.05) is 6.54 Å². The molecular weight excluding hydrogens is 284 g/mol. The molecule has 1 aromatic heterocycles. The Bertz CT molecular complexity index is 520. The van der Waals surface area contributed by atoms with Crippen LogP contribution in [0.1, 0.15) is 51.0 Å². The molecule has 1 aliphatic heterocycles. The molecule has 2 amide bonds. The second-order valence-corrected chi connectivity index (χ2v) is 6.93. The molecule has 2 heterocycles. The first kappa shape index (κ1) is 14.6. The minimum atomic E-state index is -0.614. The Hall–Kier alpha value is -1.36. The normalized spacial score (nSPS) is 24.6. The predicted octanol–water partition coefficient (Wildman–Crippen LogP) is 2.69. The number of carbonyl (C=O) groups is 2. The summed E-state index contributed by atoms with van der Waals surface area (Å²) in [5.41, 5.74) is 0.509. The molecule has 1 saturated heterocycles. The molecule has 1 unspecified atom stereocenters. The third kappa shape index (κ3) is 2.59. The molecule has 114 valence electrons. The lowest BCUT2D eigenvalue weighted by Gasteiger charge is -2.44. The van der Waals surface area contributed by atoms with E-state index < -0.39 is 5.54 Å². The summed E-state index contributed by atoms with van der Waals surface area (Å²) >= 11 is 1.63. The lowest BCUT2D eigenvalue weighted by Crippen LogP contribution is -2.69. The lowest BCUT2D eigenvalue weighted by atomic mass is 9.89. The molecule has 0 aromatic carbocycles. The van der Waals surface area contributed by atoms with E-state index in [0.717, 1.165) is 44.1 Å². The van der Waals surface area contributed by atoms with Crippen LogP contribution in [0.3, 0.4) is 0 Å². The maximum atomic E-state index is 13.0. The molecule has 2 aliphatic rings. The summed E-state index contributed by atoms with van der Waals surface area (Å²) < 4.78 is 0. The van der Waals surface area contributed by atoms with Crippen LogP contribution in [-0.2, 0) is 16.1 Å². The van der Waals surface area contributed by atoms with E-state index in [9.17, 15) is 9.59 Å². The van der Waals surface area contributed by atoms with E-state index in [2.05, 4.69) is 17.6 Å². The quantitative estimate of drug-likeness (QED) is 0.930. The topological polar surface area (TPSA) is 49.4 Å². The summed E-state index contributed by atoms with van der Waals surface area (Å²) in [6.07, 6.45) is 5.26. The number of rotatable bonds is 4. The Morgan fingerprint density at radius 2 is 2.14 bits per heavy atom. The fourth-order valence-corrected chi connectivity index (χ4v) is 4.23. The van der Waals surface area contributed by atoms with Gasteiger partial charge in [-0.15, -0.1) is 0 Å². The third-order valence-corrected chi connectivity index (χ3v) is 5.40. The molecule has 2 fully saturated rings. The number of thiophene rings is 1. The molecule has 1 N–H and O–H groups in total. The van der Waals surface area contributed by atoms with Crippen LogP contribution in [0, 0.1) is 0 Å². The average Bonchev–Trinajstić information content (AvgIpc) is 3.12. The number of piperazine rings is 1. The smallest absolute Gasteiger partial charge is 0.249 e. The van der Waals surface area contributed by atoms with Gasteiger partial charge in [0.25, 0.3) is 0 Å². The average molecular weight is 306 g/mol.